The van der Waals surface area contributed by atoms with Gasteiger partial charge in [0.1, 0.15) is 0 Å². The zero-order valence-electron chi connectivity index (χ0n) is 7.88. The first-order valence-corrected chi connectivity index (χ1v) is 5.31. The number of amides is 1. The maximum absolute atomic E-state index is 11.7. The molecule has 0 aromatic heterocycles. The molecule has 0 atom stereocenters. The molecular weight excluding hydrogens is 164 g/mol. The van der Waals surface area contributed by atoms with Crippen molar-refractivity contribution in [2.24, 2.45) is 5.92 Å². The molecule has 3 aliphatic carbocycles. The molecule has 2 bridgehead atoms. The number of rotatable bonds is 1. The highest BCUT2D eigenvalue weighted by molar-refractivity contribution is 5.80. The van der Waals surface area contributed by atoms with Gasteiger partial charge in [0.2, 0.25) is 5.91 Å². The molecule has 0 aromatic rings. The molecule has 13 heavy (non-hydrogen) atoms. The molecule has 3 nitrogen and oxygen atoms in total. The highest BCUT2D eigenvalue weighted by atomic mass is 16.2. The van der Waals surface area contributed by atoms with Crippen molar-refractivity contribution in [3.8, 4) is 0 Å². The lowest BCUT2D eigenvalue weighted by molar-refractivity contribution is -0.142. The quantitative estimate of drug-likeness (QED) is 0.632. The largest absolute Gasteiger partial charge is 0.335 e. The molecule has 3 heteroatoms. The zero-order chi connectivity index (χ0) is 8.89. The predicted octanol–water partition coefficient (Wildman–Crippen LogP) is 0.361. The minimum absolute atomic E-state index is 0.323. The molecular formula is C10H16N2O. The van der Waals surface area contributed by atoms with Crippen molar-refractivity contribution in [1.82, 2.24) is 10.2 Å². The molecule has 4 rings (SSSR count). The van der Waals surface area contributed by atoms with Gasteiger partial charge >= 0.3 is 0 Å². The van der Waals surface area contributed by atoms with Crippen LogP contribution in [0.3, 0.4) is 0 Å². The lowest BCUT2D eigenvalue weighted by atomic mass is 9.75. The van der Waals surface area contributed by atoms with Crippen LogP contribution >= 0.6 is 0 Å². The van der Waals surface area contributed by atoms with Gasteiger partial charge in [0.15, 0.2) is 0 Å². The molecule has 4 aliphatic rings. The van der Waals surface area contributed by atoms with Crippen molar-refractivity contribution in [2.75, 3.05) is 19.6 Å². The minimum Gasteiger partial charge on any atom is -0.335 e. The van der Waals surface area contributed by atoms with E-state index in [2.05, 4.69) is 10.2 Å². The van der Waals surface area contributed by atoms with E-state index in [4.69, 9.17) is 0 Å². The predicted molar refractivity (Wildman–Crippen MR) is 49.3 cm³/mol. The fraction of sp³-hybridized carbons (Fsp3) is 0.900. The Bertz CT molecular complexity index is 240. The molecule has 0 aromatic carbocycles. The summed E-state index contributed by atoms with van der Waals surface area (Å²) in [6, 6.07) is 0. The van der Waals surface area contributed by atoms with E-state index >= 15 is 0 Å². The maximum atomic E-state index is 11.7. The SMILES string of the molecule is O=C1CNCCN1C12CCC(C1)C2. The Morgan fingerprint density at radius 3 is 2.92 bits per heavy atom. The normalized spacial score (nSPS) is 43.5. The van der Waals surface area contributed by atoms with Gasteiger partial charge in [-0.1, -0.05) is 0 Å². The number of carbonyl (C=O) groups excluding carboxylic acids is 1. The Morgan fingerprint density at radius 2 is 2.31 bits per heavy atom. The maximum Gasteiger partial charge on any atom is 0.237 e. The van der Waals surface area contributed by atoms with E-state index in [1.54, 1.807) is 0 Å². The number of nitrogens with one attached hydrogen (secondary N) is 1. The monoisotopic (exact) mass is 180 g/mol. The summed E-state index contributed by atoms with van der Waals surface area (Å²) in [6.45, 7) is 2.48. The fourth-order valence-electron chi connectivity index (χ4n) is 3.36. The summed E-state index contributed by atoms with van der Waals surface area (Å²) < 4.78 is 0. The third-order valence-electron chi connectivity index (χ3n) is 4.02. The van der Waals surface area contributed by atoms with Gasteiger partial charge in [-0.15, -0.1) is 0 Å². The molecule has 0 unspecified atom stereocenters. The van der Waals surface area contributed by atoms with E-state index in [0.717, 1.165) is 19.0 Å². The average Bonchev–Trinajstić information content (AvgIpc) is 2.63. The highest BCUT2D eigenvalue weighted by Gasteiger charge is 2.55. The van der Waals surface area contributed by atoms with Crippen molar-refractivity contribution < 1.29 is 4.79 Å². The van der Waals surface area contributed by atoms with Crippen molar-refractivity contribution >= 4 is 5.91 Å². The first-order valence-electron chi connectivity index (χ1n) is 5.31. The lowest BCUT2D eigenvalue weighted by Gasteiger charge is -2.49. The summed E-state index contributed by atoms with van der Waals surface area (Å²) in [5.74, 6) is 1.27. The standard InChI is InChI=1S/C10H16N2O/c13-9-7-11-3-4-12(9)10-2-1-8(5-10)6-10/h8,11H,1-7H2. The number of fused-ring (bicyclic) bond motifs is 1. The Labute approximate surface area is 78.5 Å². The van der Waals surface area contributed by atoms with Gasteiger partial charge in [-0.25, -0.2) is 0 Å². The van der Waals surface area contributed by atoms with Crippen molar-refractivity contribution in [3.05, 3.63) is 0 Å². The summed E-state index contributed by atoms with van der Waals surface area (Å²) in [5.41, 5.74) is 0.323. The van der Waals surface area contributed by atoms with E-state index in [-0.39, 0.29) is 0 Å². The fourth-order valence-corrected chi connectivity index (χ4v) is 3.36. The minimum atomic E-state index is 0.323. The van der Waals surface area contributed by atoms with Crippen LogP contribution in [-0.4, -0.2) is 36.0 Å². The third-order valence-corrected chi connectivity index (χ3v) is 4.02. The average molecular weight is 180 g/mol. The molecule has 0 radical (unpaired) electrons. The van der Waals surface area contributed by atoms with Gasteiger partial charge in [-0.05, 0) is 31.6 Å². The lowest BCUT2D eigenvalue weighted by Crippen LogP contribution is -2.61. The summed E-state index contributed by atoms with van der Waals surface area (Å²) >= 11 is 0. The third kappa shape index (κ3) is 0.966. The Balaban J connectivity index is 1.79. The van der Waals surface area contributed by atoms with E-state index in [1.165, 1.54) is 25.7 Å². The van der Waals surface area contributed by atoms with Crippen LogP contribution in [0.4, 0.5) is 0 Å². The summed E-state index contributed by atoms with van der Waals surface area (Å²) in [4.78, 5) is 13.8. The summed E-state index contributed by atoms with van der Waals surface area (Å²) in [6.07, 6.45) is 5.21. The van der Waals surface area contributed by atoms with E-state index < -0.39 is 0 Å². The zero-order valence-corrected chi connectivity index (χ0v) is 7.88. The molecule has 72 valence electrons. The Hall–Kier alpha value is -0.570. The van der Waals surface area contributed by atoms with E-state index in [9.17, 15) is 4.79 Å². The van der Waals surface area contributed by atoms with Gasteiger partial charge in [-0.3, -0.25) is 4.79 Å². The molecule has 4 fully saturated rings. The smallest absolute Gasteiger partial charge is 0.237 e. The summed E-state index contributed by atoms with van der Waals surface area (Å²) in [7, 11) is 0. The van der Waals surface area contributed by atoms with Crippen molar-refractivity contribution in [3.63, 3.8) is 0 Å². The van der Waals surface area contributed by atoms with E-state index in [1.807, 2.05) is 0 Å². The van der Waals surface area contributed by atoms with Gasteiger partial charge in [0.25, 0.3) is 0 Å². The van der Waals surface area contributed by atoms with Crippen molar-refractivity contribution in [1.29, 1.82) is 0 Å². The van der Waals surface area contributed by atoms with E-state index in [0.29, 0.717) is 18.0 Å². The number of carbonyl (C=O) groups is 1. The molecule has 1 heterocycles. The molecule has 1 saturated heterocycles. The number of hydrogen-bond donors (Lipinski definition) is 1. The first-order chi connectivity index (χ1) is 6.30. The molecule has 0 spiro atoms. The topological polar surface area (TPSA) is 32.3 Å². The second-order valence-corrected chi connectivity index (χ2v) is 4.76. The van der Waals surface area contributed by atoms with Gasteiger partial charge in [0.05, 0.1) is 6.54 Å². The Morgan fingerprint density at radius 1 is 1.46 bits per heavy atom. The molecule has 1 amide bonds. The molecule has 1 aliphatic heterocycles. The van der Waals surface area contributed by atoms with Crippen LogP contribution in [0, 0.1) is 5.92 Å². The first kappa shape index (κ1) is 7.80. The van der Waals surface area contributed by atoms with Crippen LogP contribution < -0.4 is 5.32 Å². The molecule has 3 saturated carbocycles. The van der Waals surface area contributed by atoms with Crippen LogP contribution in [0.1, 0.15) is 25.7 Å². The molecule has 1 N–H and O–H groups in total. The van der Waals surface area contributed by atoms with Crippen LogP contribution in [0.2, 0.25) is 0 Å². The van der Waals surface area contributed by atoms with Crippen LogP contribution in [0.25, 0.3) is 0 Å². The van der Waals surface area contributed by atoms with Crippen LogP contribution in [-0.2, 0) is 4.79 Å². The second kappa shape index (κ2) is 2.47. The van der Waals surface area contributed by atoms with Gasteiger partial charge in [0, 0.05) is 18.6 Å². The van der Waals surface area contributed by atoms with Crippen molar-refractivity contribution in [2.45, 2.75) is 31.2 Å². The van der Waals surface area contributed by atoms with Crippen LogP contribution in [0.5, 0.6) is 0 Å². The second-order valence-electron chi connectivity index (χ2n) is 4.76. The Kier molecular flexibility index (Phi) is 1.48. The van der Waals surface area contributed by atoms with Crippen LogP contribution in [0.15, 0.2) is 0 Å². The highest BCUT2D eigenvalue weighted by Crippen LogP contribution is 2.55. The number of piperazine rings is 1. The number of nitrogens with zero attached hydrogens (tertiary/aromatic N) is 1. The number of hydrogen-bond acceptors (Lipinski definition) is 2. The summed E-state index contributed by atoms with van der Waals surface area (Å²) in [5, 5.41) is 3.13. The van der Waals surface area contributed by atoms with Gasteiger partial charge in [-0.2, -0.15) is 0 Å². The van der Waals surface area contributed by atoms with Gasteiger partial charge < -0.3 is 10.2 Å².